The molecule has 0 fully saturated rings. The average molecular weight is 371 g/mol. The summed E-state index contributed by atoms with van der Waals surface area (Å²) in [5.41, 5.74) is 0.782. The van der Waals surface area contributed by atoms with Crippen molar-refractivity contribution in [3.63, 3.8) is 0 Å². The Morgan fingerprint density at radius 2 is 1.96 bits per heavy atom. The molecule has 0 aliphatic carbocycles. The zero-order valence-corrected chi connectivity index (χ0v) is 15.3. The van der Waals surface area contributed by atoms with Crippen LogP contribution in [0.3, 0.4) is 0 Å². The molecule has 0 heterocycles. The highest BCUT2D eigenvalue weighted by Gasteiger charge is 2.16. The monoisotopic (exact) mass is 370 g/mol. The second kappa shape index (κ2) is 10.6. The first-order valence-electron chi connectivity index (χ1n) is 7.95. The molecule has 2 N–H and O–H groups in total. The lowest BCUT2D eigenvalue weighted by Crippen LogP contribution is -2.46. The summed E-state index contributed by atoms with van der Waals surface area (Å²) in [5, 5.41) is 5.68. The molecule has 0 spiro atoms. The molecule has 8 heteroatoms. The molecule has 2 amide bonds. The Bertz CT molecular complexity index is 621. The Balaban J connectivity index is 2.31. The van der Waals surface area contributed by atoms with Crippen molar-refractivity contribution in [1.29, 1.82) is 0 Å². The van der Waals surface area contributed by atoms with E-state index in [0.29, 0.717) is 17.3 Å². The van der Waals surface area contributed by atoms with Crippen molar-refractivity contribution in [2.24, 2.45) is 0 Å². The van der Waals surface area contributed by atoms with Gasteiger partial charge in [0.05, 0.1) is 0 Å². The smallest absolute Gasteiger partial charge is 0.344 e. The van der Waals surface area contributed by atoms with Gasteiger partial charge >= 0.3 is 5.97 Å². The van der Waals surface area contributed by atoms with E-state index >= 15 is 0 Å². The standard InChI is InChI=1S/C17H23ClN2O5/c1-4-7-19-17(23)12(3)20-15(21)9-25-16(22)10-24-14-6-5-13(18)8-11(14)2/h5-6,8,12H,4,7,9-10H2,1-3H3,(H,19,23)(H,20,21)/t12-/m1/s1. The zero-order valence-electron chi connectivity index (χ0n) is 14.6. The minimum absolute atomic E-state index is 0.289. The van der Waals surface area contributed by atoms with Crippen LogP contribution in [0.1, 0.15) is 25.8 Å². The number of rotatable bonds is 9. The first kappa shape index (κ1) is 20.8. The van der Waals surface area contributed by atoms with Crippen LogP contribution in [0.2, 0.25) is 5.02 Å². The first-order chi connectivity index (χ1) is 11.8. The lowest BCUT2D eigenvalue weighted by atomic mass is 10.2. The number of esters is 1. The molecular weight excluding hydrogens is 348 g/mol. The normalized spacial score (nSPS) is 11.4. The first-order valence-corrected chi connectivity index (χ1v) is 8.33. The van der Waals surface area contributed by atoms with E-state index in [4.69, 9.17) is 21.1 Å². The van der Waals surface area contributed by atoms with Crippen LogP contribution in [0.5, 0.6) is 5.75 Å². The molecule has 0 saturated heterocycles. The van der Waals surface area contributed by atoms with Crippen molar-refractivity contribution in [3.05, 3.63) is 28.8 Å². The number of carbonyl (C=O) groups is 3. The second-order valence-corrected chi connectivity index (χ2v) is 5.88. The van der Waals surface area contributed by atoms with Gasteiger partial charge in [-0.2, -0.15) is 0 Å². The van der Waals surface area contributed by atoms with Gasteiger partial charge in [-0.15, -0.1) is 0 Å². The molecule has 0 aliphatic rings. The van der Waals surface area contributed by atoms with Crippen molar-refractivity contribution in [2.45, 2.75) is 33.2 Å². The van der Waals surface area contributed by atoms with Gasteiger partial charge in [-0.3, -0.25) is 9.59 Å². The maximum absolute atomic E-state index is 11.7. The number of carbonyl (C=O) groups excluding carboxylic acids is 3. The van der Waals surface area contributed by atoms with Crippen molar-refractivity contribution < 1.29 is 23.9 Å². The number of benzene rings is 1. The molecule has 0 aliphatic heterocycles. The van der Waals surface area contributed by atoms with Crippen LogP contribution >= 0.6 is 11.6 Å². The molecule has 0 bridgehead atoms. The van der Waals surface area contributed by atoms with E-state index in [2.05, 4.69) is 10.6 Å². The van der Waals surface area contributed by atoms with Gasteiger partial charge in [0.15, 0.2) is 13.2 Å². The van der Waals surface area contributed by atoms with Crippen LogP contribution in [0, 0.1) is 6.92 Å². The van der Waals surface area contributed by atoms with E-state index in [1.54, 1.807) is 32.0 Å². The molecule has 1 aromatic carbocycles. The van der Waals surface area contributed by atoms with Gasteiger partial charge in [-0.1, -0.05) is 18.5 Å². The summed E-state index contributed by atoms with van der Waals surface area (Å²) in [5.74, 6) is -1.03. The summed E-state index contributed by atoms with van der Waals surface area (Å²) in [6, 6.07) is 4.30. The van der Waals surface area contributed by atoms with Gasteiger partial charge in [0.25, 0.3) is 5.91 Å². The maximum Gasteiger partial charge on any atom is 0.344 e. The number of halogens is 1. The largest absolute Gasteiger partial charge is 0.482 e. The van der Waals surface area contributed by atoms with Crippen LogP contribution < -0.4 is 15.4 Å². The Morgan fingerprint density at radius 1 is 1.24 bits per heavy atom. The summed E-state index contributed by atoms with van der Waals surface area (Å²) >= 11 is 5.84. The molecule has 138 valence electrons. The topological polar surface area (TPSA) is 93.7 Å². The number of hydrogen-bond donors (Lipinski definition) is 2. The van der Waals surface area contributed by atoms with E-state index in [1.165, 1.54) is 0 Å². The lowest BCUT2D eigenvalue weighted by Gasteiger charge is -2.14. The maximum atomic E-state index is 11.7. The Labute approximate surface area is 152 Å². The number of aryl methyl sites for hydroxylation is 1. The van der Waals surface area contributed by atoms with Gasteiger partial charge in [0.1, 0.15) is 11.8 Å². The molecule has 7 nitrogen and oxygen atoms in total. The third kappa shape index (κ3) is 7.89. The molecule has 0 unspecified atom stereocenters. The average Bonchev–Trinajstić information content (AvgIpc) is 2.56. The molecule has 1 aromatic rings. The van der Waals surface area contributed by atoms with Crippen molar-refractivity contribution in [1.82, 2.24) is 10.6 Å². The third-order valence-corrected chi connectivity index (χ3v) is 3.40. The Kier molecular flexibility index (Phi) is 8.77. The number of amides is 2. The van der Waals surface area contributed by atoms with E-state index in [0.717, 1.165) is 12.0 Å². The van der Waals surface area contributed by atoms with E-state index in [9.17, 15) is 14.4 Å². The second-order valence-electron chi connectivity index (χ2n) is 5.44. The van der Waals surface area contributed by atoms with Crippen LogP contribution in [-0.2, 0) is 19.1 Å². The fraction of sp³-hybridized carbons (Fsp3) is 0.471. The Hall–Kier alpha value is -2.28. The summed E-state index contributed by atoms with van der Waals surface area (Å²) in [6.45, 7) is 5.00. The number of hydrogen-bond acceptors (Lipinski definition) is 5. The van der Waals surface area contributed by atoms with E-state index < -0.39 is 24.5 Å². The molecule has 0 saturated carbocycles. The van der Waals surface area contributed by atoms with Gasteiger partial charge in [0.2, 0.25) is 5.91 Å². The minimum Gasteiger partial charge on any atom is -0.482 e. The summed E-state index contributed by atoms with van der Waals surface area (Å²) in [4.78, 5) is 34.9. The Morgan fingerprint density at radius 3 is 2.60 bits per heavy atom. The molecule has 0 radical (unpaired) electrons. The van der Waals surface area contributed by atoms with Crippen molar-refractivity contribution in [3.8, 4) is 5.75 Å². The fourth-order valence-electron chi connectivity index (χ4n) is 1.85. The van der Waals surface area contributed by atoms with Crippen molar-refractivity contribution >= 4 is 29.4 Å². The highest BCUT2D eigenvalue weighted by atomic mass is 35.5. The summed E-state index contributed by atoms with van der Waals surface area (Å²) in [7, 11) is 0. The molecule has 1 rings (SSSR count). The van der Waals surface area contributed by atoms with Crippen LogP contribution in [0.15, 0.2) is 18.2 Å². The predicted molar refractivity (Wildman–Crippen MR) is 93.5 cm³/mol. The lowest BCUT2D eigenvalue weighted by molar-refractivity contribution is -0.150. The molecule has 1 atom stereocenters. The van der Waals surface area contributed by atoms with Gasteiger partial charge in [0, 0.05) is 11.6 Å². The number of nitrogens with one attached hydrogen (secondary N) is 2. The summed E-state index contributed by atoms with van der Waals surface area (Å²) < 4.78 is 10.1. The van der Waals surface area contributed by atoms with Gasteiger partial charge in [-0.25, -0.2) is 4.79 Å². The molecular formula is C17H23ClN2O5. The third-order valence-electron chi connectivity index (χ3n) is 3.17. The highest BCUT2D eigenvalue weighted by molar-refractivity contribution is 6.30. The highest BCUT2D eigenvalue weighted by Crippen LogP contribution is 2.21. The summed E-state index contributed by atoms with van der Waals surface area (Å²) in [6.07, 6.45) is 0.803. The number of ether oxygens (including phenoxy) is 2. The SMILES string of the molecule is CCCNC(=O)[C@@H](C)NC(=O)COC(=O)COc1ccc(Cl)cc1C. The quantitative estimate of drug-likeness (QED) is 0.644. The van der Waals surface area contributed by atoms with Crippen molar-refractivity contribution in [2.75, 3.05) is 19.8 Å². The van der Waals surface area contributed by atoms with Crippen LogP contribution in [0.4, 0.5) is 0 Å². The zero-order chi connectivity index (χ0) is 18.8. The van der Waals surface area contributed by atoms with E-state index in [-0.39, 0.29) is 12.5 Å². The van der Waals surface area contributed by atoms with Gasteiger partial charge in [-0.05, 0) is 44.0 Å². The van der Waals surface area contributed by atoms with Crippen LogP contribution in [-0.4, -0.2) is 43.6 Å². The van der Waals surface area contributed by atoms with Gasteiger partial charge < -0.3 is 20.1 Å². The predicted octanol–water partition coefficient (Wildman–Crippen LogP) is 1.60. The van der Waals surface area contributed by atoms with E-state index in [1.807, 2.05) is 6.92 Å². The molecule has 0 aromatic heterocycles. The molecule has 25 heavy (non-hydrogen) atoms. The van der Waals surface area contributed by atoms with Crippen LogP contribution in [0.25, 0.3) is 0 Å². The minimum atomic E-state index is -0.703. The fourth-order valence-corrected chi connectivity index (χ4v) is 2.08.